The molecular formula is C77H142O6. The van der Waals surface area contributed by atoms with E-state index in [0.717, 1.165) is 64.2 Å². The third kappa shape index (κ3) is 70.0. The Balaban J connectivity index is 4.30. The van der Waals surface area contributed by atoms with Gasteiger partial charge >= 0.3 is 17.9 Å². The van der Waals surface area contributed by atoms with E-state index in [-0.39, 0.29) is 31.1 Å². The van der Waals surface area contributed by atoms with Crippen molar-refractivity contribution in [1.29, 1.82) is 0 Å². The van der Waals surface area contributed by atoms with Gasteiger partial charge in [0.05, 0.1) is 0 Å². The maximum atomic E-state index is 13.0. The third-order valence-electron chi connectivity index (χ3n) is 16.8. The van der Waals surface area contributed by atoms with E-state index >= 15 is 0 Å². The van der Waals surface area contributed by atoms with Crippen LogP contribution in [0.25, 0.3) is 0 Å². The van der Waals surface area contributed by atoms with Crippen LogP contribution in [0.1, 0.15) is 406 Å². The second-order valence-corrected chi connectivity index (χ2v) is 25.2. The van der Waals surface area contributed by atoms with Gasteiger partial charge in [0.25, 0.3) is 0 Å². The van der Waals surface area contributed by atoms with E-state index < -0.39 is 6.10 Å². The zero-order chi connectivity index (χ0) is 59.9. The summed E-state index contributed by atoms with van der Waals surface area (Å²) in [5, 5.41) is 0. The molecule has 0 rings (SSSR count). The molecule has 0 saturated carbocycles. The minimum Gasteiger partial charge on any atom is -0.462 e. The van der Waals surface area contributed by atoms with Crippen molar-refractivity contribution in [1.82, 2.24) is 0 Å². The molecule has 0 fully saturated rings. The highest BCUT2D eigenvalue weighted by Crippen LogP contribution is 2.18. The molecule has 0 radical (unpaired) electrons. The molecule has 486 valence electrons. The summed E-state index contributed by atoms with van der Waals surface area (Å²) in [7, 11) is 0. The van der Waals surface area contributed by atoms with Gasteiger partial charge in [-0.05, 0) is 103 Å². The second-order valence-electron chi connectivity index (χ2n) is 25.2. The summed E-state index contributed by atoms with van der Waals surface area (Å²) in [6.07, 6.45) is 91.4. The molecule has 0 heterocycles. The summed E-state index contributed by atoms with van der Waals surface area (Å²) < 4.78 is 17.0. The van der Waals surface area contributed by atoms with Gasteiger partial charge in [0.2, 0.25) is 0 Å². The van der Waals surface area contributed by atoms with Crippen molar-refractivity contribution in [3.8, 4) is 0 Å². The number of carbonyl (C=O) groups excluding carboxylic acids is 3. The van der Waals surface area contributed by atoms with Gasteiger partial charge in [-0.1, -0.05) is 333 Å². The van der Waals surface area contributed by atoms with Gasteiger partial charge in [0, 0.05) is 19.3 Å². The minimum absolute atomic E-state index is 0.0714. The predicted octanol–water partition coefficient (Wildman–Crippen LogP) is 25.7. The molecule has 0 bridgehead atoms. The monoisotopic (exact) mass is 1160 g/mol. The van der Waals surface area contributed by atoms with Gasteiger partial charge in [0.1, 0.15) is 13.2 Å². The van der Waals surface area contributed by atoms with Gasteiger partial charge in [-0.15, -0.1) is 0 Å². The summed E-state index contributed by atoms with van der Waals surface area (Å²) in [5.74, 6) is -0.849. The van der Waals surface area contributed by atoms with Crippen molar-refractivity contribution in [2.75, 3.05) is 13.2 Å². The Labute approximate surface area is 518 Å². The standard InChI is InChI=1S/C77H142O6/c1-4-7-10-13-16-19-22-25-28-31-33-35-37-38-40-41-43-46-49-52-55-58-61-64-67-70-76(79)82-73-74(72-81-75(78)69-66-63-60-57-54-51-48-45-30-27-24-21-18-15-12-9-6-3)83-77(80)71-68-65-62-59-56-53-50-47-44-42-39-36-34-32-29-26-23-20-17-14-11-8-5-2/h22,25,27,30-34,74H,4-21,23-24,26,28-29,35-73H2,1-3H3/b25-22-,30-27-,33-31-,34-32-. The first-order chi connectivity index (χ1) is 41.0. The first kappa shape index (κ1) is 80.4. The first-order valence-electron chi connectivity index (χ1n) is 37.1. The van der Waals surface area contributed by atoms with Gasteiger partial charge in [-0.25, -0.2) is 0 Å². The van der Waals surface area contributed by atoms with Crippen LogP contribution in [-0.4, -0.2) is 37.2 Å². The Morgan fingerprint density at radius 1 is 0.241 bits per heavy atom. The highest BCUT2D eigenvalue weighted by Gasteiger charge is 2.19. The molecule has 0 aromatic heterocycles. The fourth-order valence-electron chi connectivity index (χ4n) is 11.2. The zero-order valence-corrected chi connectivity index (χ0v) is 56.0. The molecule has 0 N–H and O–H groups in total. The molecule has 1 atom stereocenters. The van der Waals surface area contributed by atoms with Crippen LogP contribution in [0, 0.1) is 0 Å². The van der Waals surface area contributed by atoms with Crippen LogP contribution in [0.15, 0.2) is 48.6 Å². The van der Waals surface area contributed by atoms with Gasteiger partial charge in [-0.2, -0.15) is 0 Å². The molecule has 1 unspecified atom stereocenters. The van der Waals surface area contributed by atoms with E-state index in [1.165, 1.54) is 302 Å². The van der Waals surface area contributed by atoms with E-state index in [1.54, 1.807) is 0 Å². The second kappa shape index (κ2) is 71.8. The van der Waals surface area contributed by atoms with Crippen molar-refractivity contribution in [3.05, 3.63) is 48.6 Å². The van der Waals surface area contributed by atoms with Crippen molar-refractivity contribution in [2.45, 2.75) is 412 Å². The molecule has 0 aliphatic carbocycles. The maximum Gasteiger partial charge on any atom is 0.306 e. The van der Waals surface area contributed by atoms with Crippen LogP contribution in [-0.2, 0) is 28.6 Å². The van der Waals surface area contributed by atoms with Gasteiger partial charge < -0.3 is 14.2 Å². The molecule has 0 spiro atoms. The summed E-state index contributed by atoms with van der Waals surface area (Å²) in [6.45, 7) is 6.70. The Morgan fingerprint density at radius 2 is 0.434 bits per heavy atom. The highest BCUT2D eigenvalue weighted by molar-refractivity contribution is 5.71. The molecule has 0 aliphatic rings. The number of esters is 3. The van der Waals surface area contributed by atoms with Crippen molar-refractivity contribution in [2.24, 2.45) is 0 Å². The molecule has 0 aromatic carbocycles. The van der Waals surface area contributed by atoms with E-state index in [0.29, 0.717) is 19.3 Å². The lowest BCUT2D eigenvalue weighted by molar-refractivity contribution is -0.167. The largest absolute Gasteiger partial charge is 0.462 e. The Morgan fingerprint density at radius 3 is 0.675 bits per heavy atom. The number of hydrogen-bond acceptors (Lipinski definition) is 6. The fourth-order valence-corrected chi connectivity index (χ4v) is 11.2. The van der Waals surface area contributed by atoms with Crippen molar-refractivity contribution >= 4 is 17.9 Å². The fraction of sp³-hybridized carbons (Fsp3) is 0.857. The lowest BCUT2D eigenvalue weighted by atomic mass is 10.0. The number of ether oxygens (including phenoxy) is 3. The van der Waals surface area contributed by atoms with Gasteiger partial charge in [0.15, 0.2) is 6.10 Å². The Kier molecular flexibility index (Phi) is 69.6. The predicted molar refractivity (Wildman–Crippen MR) is 362 cm³/mol. The Hall–Kier alpha value is -2.63. The molecule has 0 amide bonds. The molecule has 6 nitrogen and oxygen atoms in total. The Bertz CT molecular complexity index is 1430. The van der Waals surface area contributed by atoms with Crippen LogP contribution in [0.4, 0.5) is 0 Å². The SMILES string of the molecule is CCCCCCC/C=C\C/C=C\CCCCCCCCCCCCCCCC(=O)OCC(COC(=O)CCCCCCCCC/C=C\CCCCCCCC)OC(=O)CCCCCCCCCCCCC/C=C\CCCCCCCCCC. The van der Waals surface area contributed by atoms with Crippen LogP contribution in [0.3, 0.4) is 0 Å². The topological polar surface area (TPSA) is 78.9 Å². The highest BCUT2D eigenvalue weighted by atomic mass is 16.6. The average Bonchev–Trinajstić information content (AvgIpc) is 3.49. The molecule has 0 aliphatic heterocycles. The lowest BCUT2D eigenvalue weighted by Crippen LogP contribution is -2.30. The number of rotatable bonds is 69. The lowest BCUT2D eigenvalue weighted by Gasteiger charge is -2.18. The summed E-state index contributed by atoms with van der Waals surface area (Å²) in [5.41, 5.74) is 0. The van der Waals surface area contributed by atoms with Crippen molar-refractivity contribution < 1.29 is 28.6 Å². The van der Waals surface area contributed by atoms with Crippen LogP contribution in [0.2, 0.25) is 0 Å². The van der Waals surface area contributed by atoms with Crippen LogP contribution in [0.5, 0.6) is 0 Å². The van der Waals surface area contributed by atoms with Crippen LogP contribution >= 0.6 is 0 Å². The van der Waals surface area contributed by atoms with Gasteiger partial charge in [-0.3, -0.25) is 14.4 Å². The molecular weight excluding hydrogens is 1020 g/mol. The van der Waals surface area contributed by atoms with E-state index in [9.17, 15) is 14.4 Å². The smallest absolute Gasteiger partial charge is 0.306 e. The molecule has 0 saturated heterocycles. The number of hydrogen-bond donors (Lipinski definition) is 0. The van der Waals surface area contributed by atoms with Crippen LogP contribution < -0.4 is 0 Å². The molecule has 6 heteroatoms. The number of allylic oxidation sites excluding steroid dienone is 8. The van der Waals surface area contributed by atoms with E-state index in [2.05, 4.69) is 69.4 Å². The summed E-state index contributed by atoms with van der Waals surface area (Å²) in [6, 6.07) is 0. The quantitative estimate of drug-likeness (QED) is 0.0261. The minimum atomic E-state index is -0.777. The summed E-state index contributed by atoms with van der Waals surface area (Å²) in [4.78, 5) is 38.5. The van der Waals surface area contributed by atoms with E-state index in [4.69, 9.17) is 14.2 Å². The third-order valence-corrected chi connectivity index (χ3v) is 16.8. The molecule has 0 aromatic rings. The number of unbranched alkanes of at least 4 members (excludes halogenated alkanes) is 50. The van der Waals surface area contributed by atoms with Crippen molar-refractivity contribution in [3.63, 3.8) is 0 Å². The zero-order valence-electron chi connectivity index (χ0n) is 56.0. The number of carbonyl (C=O) groups is 3. The maximum absolute atomic E-state index is 13.0. The molecule has 83 heavy (non-hydrogen) atoms. The average molecular weight is 1160 g/mol. The normalized spacial score (nSPS) is 12.3. The summed E-state index contributed by atoms with van der Waals surface area (Å²) >= 11 is 0. The first-order valence-corrected chi connectivity index (χ1v) is 37.1. The van der Waals surface area contributed by atoms with E-state index in [1.807, 2.05) is 0 Å².